The van der Waals surface area contributed by atoms with Crippen molar-refractivity contribution in [2.45, 2.75) is 24.3 Å². The van der Waals surface area contributed by atoms with Crippen LogP contribution < -0.4 is 11.1 Å². The number of fused-ring (bicyclic) bond motifs is 1. The number of aromatic nitrogens is 3. The zero-order chi connectivity index (χ0) is 14.3. The van der Waals surface area contributed by atoms with Crippen LogP contribution >= 0.6 is 12.4 Å². The molecule has 1 aliphatic heterocycles. The number of nitrogens with zero attached hydrogens (tertiary/aromatic N) is 2. The van der Waals surface area contributed by atoms with E-state index in [4.69, 9.17) is 10.5 Å². The lowest BCUT2D eigenvalue weighted by molar-refractivity contribution is 0.0149. The van der Waals surface area contributed by atoms with Gasteiger partial charge in [0.15, 0.2) is 5.82 Å². The molecule has 3 rings (SSSR count). The molecule has 1 saturated heterocycles. The standard InChI is InChI=1S/C12H17N5O3.ClH/c1-20-3-6-10(18)11(19)8(17-6)5-2-14-9-7(5)15-4-16-12(9)13;/h2,4,6,8,10-11,14,17-19H,3H2,1H3,(H2,13,15,16);1H. The fourth-order valence-electron chi connectivity index (χ4n) is 2.68. The van der Waals surface area contributed by atoms with Gasteiger partial charge in [-0.3, -0.25) is 0 Å². The zero-order valence-corrected chi connectivity index (χ0v) is 12.2. The second-order valence-corrected chi connectivity index (χ2v) is 4.91. The first-order valence-electron chi connectivity index (χ1n) is 6.32. The highest BCUT2D eigenvalue weighted by molar-refractivity contribution is 5.87. The van der Waals surface area contributed by atoms with E-state index in [1.807, 2.05) is 0 Å². The quantitative estimate of drug-likeness (QED) is 0.508. The Morgan fingerprint density at radius 3 is 2.81 bits per heavy atom. The molecule has 116 valence electrons. The third kappa shape index (κ3) is 2.56. The average molecular weight is 316 g/mol. The molecule has 9 heteroatoms. The molecule has 0 radical (unpaired) electrons. The van der Waals surface area contributed by atoms with Gasteiger partial charge in [-0.2, -0.15) is 0 Å². The van der Waals surface area contributed by atoms with E-state index in [-0.39, 0.29) is 18.4 Å². The summed E-state index contributed by atoms with van der Waals surface area (Å²) in [7, 11) is 1.55. The number of nitrogens with one attached hydrogen (secondary N) is 2. The van der Waals surface area contributed by atoms with Crippen LogP contribution in [0.5, 0.6) is 0 Å². The van der Waals surface area contributed by atoms with Gasteiger partial charge in [0.05, 0.1) is 30.3 Å². The Morgan fingerprint density at radius 1 is 1.33 bits per heavy atom. The molecule has 1 fully saturated rings. The first-order valence-corrected chi connectivity index (χ1v) is 6.32. The molecule has 2 aromatic heterocycles. The summed E-state index contributed by atoms with van der Waals surface area (Å²) in [6.07, 6.45) is 1.26. The van der Waals surface area contributed by atoms with Crippen molar-refractivity contribution in [2.24, 2.45) is 0 Å². The van der Waals surface area contributed by atoms with Gasteiger partial charge in [0.1, 0.15) is 17.9 Å². The molecule has 2 aromatic rings. The normalized spacial score (nSPS) is 28.7. The molecule has 0 saturated carbocycles. The first-order chi connectivity index (χ1) is 9.63. The summed E-state index contributed by atoms with van der Waals surface area (Å²) in [5, 5.41) is 23.4. The first kappa shape index (κ1) is 15.9. The van der Waals surface area contributed by atoms with Crippen molar-refractivity contribution in [3.8, 4) is 0 Å². The maximum atomic E-state index is 10.2. The van der Waals surface area contributed by atoms with Crippen LogP contribution in [0.25, 0.3) is 11.0 Å². The van der Waals surface area contributed by atoms with Crippen LogP contribution in [0.15, 0.2) is 12.5 Å². The van der Waals surface area contributed by atoms with Crippen LogP contribution in [-0.2, 0) is 4.74 Å². The number of nitrogens with two attached hydrogens (primary N) is 1. The second kappa shape index (κ2) is 6.12. The number of aromatic amines is 1. The van der Waals surface area contributed by atoms with E-state index in [9.17, 15) is 10.2 Å². The van der Waals surface area contributed by atoms with Crippen LogP contribution in [0.2, 0.25) is 0 Å². The fraction of sp³-hybridized carbons (Fsp3) is 0.500. The number of hydrogen-bond acceptors (Lipinski definition) is 7. The van der Waals surface area contributed by atoms with Crippen LogP contribution in [0, 0.1) is 0 Å². The molecular formula is C12H18ClN5O3. The van der Waals surface area contributed by atoms with Gasteiger partial charge in [-0.05, 0) is 0 Å². The van der Waals surface area contributed by atoms with Gasteiger partial charge in [-0.1, -0.05) is 0 Å². The van der Waals surface area contributed by atoms with E-state index in [2.05, 4.69) is 20.3 Å². The van der Waals surface area contributed by atoms with Crippen molar-refractivity contribution in [1.82, 2.24) is 20.3 Å². The third-order valence-corrected chi connectivity index (χ3v) is 3.70. The Kier molecular flexibility index (Phi) is 4.64. The largest absolute Gasteiger partial charge is 0.389 e. The van der Waals surface area contributed by atoms with Gasteiger partial charge in [0.2, 0.25) is 0 Å². The molecule has 4 atom stereocenters. The monoisotopic (exact) mass is 315 g/mol. The third-order valence-electron chi connectivity index (χ3n) is 3.70. The summed E-state index contributed by atoms with van der Waals surface area (Å²) in [5.74, 6) is 0.350. The van der Waals surface area contributed by atoms with E-state index in [1.165, 1.54) is 6.33 Å². The second-order valence-electron chi connectivity index (χ2n) is 4.91. The Bertz CT molecular complexity index is 622. The van der Waals surface area contributed by atoms with Gasteiger partial charge >= 0.3 is 0 Å². The Hall–Kier alpha value is -1.45. The molecule has 4 unspecified atom stereocenters. The highest BCUT2D eigenvalue weighted by Gasteiger charge is 2.42. The van der Waals surface area contributed by atoms with Crippen LogP contribution in [0.4, 0.5) is 5.82 Å². The smallest absolute Gasteiger partial charge is 0.151 e. The molecule has 0 aromatic carbocycles. The average Bonchev–Trinajstić information content (AvgIpc) is 2.97. The predicted molar refractivity (Wildman–Crippen MR) is 79.1 cm³/mol. The lowest BCUT2D eigenvalue weighted by Gasteiger charge is -2.14. The van der Waals surface area contributed by atoms with Crippen molar-refractivity contribution in [1.29, 1.82) is 0 Å². The van der Waals surface area contributed by atoms with Crippen LogP contribution in [0.1, 0.15) is 11.6 Å². The van der Waals surface area contributed by atoms with Crippen molar-refractivity contribution < 1.29 is 14.9 Å². The van der Waals surface area contributed by atoms with Crippen LogP contribution in [0.3, 0.4) is 0 Å². The van der Waals surface area contributed by atoms with Gasteiger partial charge in [-0.15, -0.1) is 12.4 Å². The van der Waals surface area contributed by atoms with Crippen molar-refractivity contribution in [2.75, 3.05) is 19.5 Å². The van der Waals surface area contributed by atoms with E-state index in [0.29, 0.717) is 23.5 Å². The molecule has 1 aliphatic rings. The molecule has 0 aliphatic carbocycles. The van der Waals surface area contributed by atoms with E-state index < -0.39 is 18.2 Å². The number of anilines is 1. The molecule has 3 heterocycles. The van der Waals surface area contributed by atoms with Gasteiger partial charge in [-0.25, -0.2) is 9.97 Å². The lowest BCUT2D eigenvalue weighted by atomic mass is 10.0. The number of methoxy groups -OCH3 is 1. The minimum Gasteiger partial charge on any atom is -0.389 e. The summed E-state index contributed by atoms with van der Waals surface area (Å²) < 4.78 is 5.03. The SMILES string of the molecule is COCC1NC(c2c[nH]c3c(N)ncnc23)C(O)C1O.Cl. The minimum atomic E-state index is -0.940. The minimum absolute atomic E-state index is 0. The predicted octanol–water partition coefficient (Wildman–Crippen LogP) is -0.657. The Morgan fingerprint density at radius 2 is 2.10 bits per heavy atom. The summed E-state index contributed by atoms with van der Waals surface area (Å²) in [5.41, 5.74) is 7.78. The number of halogens is 1. The number of nitrogen functional groups attached to an aromatic ring is 1. The molecule has 0 bridgehead atoms. The maximum Gasteiger partial charge on any atom is 0.151 e. The Balaban J connectivity index is 0.00000161. The van der Waals surface area contributed by atoms with Crippen molar-refractivity contribution >= 4 is 29.3 Å². The number of ether oxygens (including phenoxy) is 1. The summed E-state index contributed by atoms with van der Waals surface area (Å²) in [6.45, 7) is 0.314. The topological polar surface area (TPSA) is 129 Å². The number of aliphatic hydroxyl groups is 2. The highest BCUT2D eigenvalue weighted by atomic mass is 35.5. The lowest BCUT2D eigenvalue weighted by Crippen LogP contribution is -2.36. The zero-order valence-electron chi connectivity index (χ0n) is 11.4. The summed E-state index contributed by atoms with van der Waals surface area (Å²) in [4.78, 5) is 11.1. The number of aliphatic hydroxyl groups excluding tert-OH is 2. The van der Waals surface area contributed by atoms with E-state index in [1.54, 1.807) is 13.3 Å². The van der Waals surface area contributed by atoms with Crippen molar-refractivity contribution in [3.05, 3.63) is 18.1 Å². The number of hydrogen-bond donors (Lipinski definition) is 5. The maximum absolute atomic E-state index is 10.2. The number of rotatable bonds is 3. The molecular weight excluding hydrogens is 298 g/mol. The fourth-order valence-corrected chi connectivity index (χ4v) is 2.68. The summed E-state index contributed by atoms with van der Waals surface area (Å²) in [6, 6.07) is -0.766. The van der Waals surface area contributed by atoms with E-state index >= 15 is 0 Å². The highest BCUT2D eigenvalue weighted by Crippen LogP contribution is 2.32. The van der Waals surface area contributed by atoms with E-state index in [0.717, 1.165) is 5.56 Å². The molecule has 6 N–H and O–H groups in total. The molecule has 0 amide bonds. The van der Waals surface area contributed by atoms with Gasteiger partial charge in [0.25, 0.3) is 0 Å². The van der Waals surface area contributed by atoms with Gasteiger partial charge < -0.3 is 31.0 Å². The molecule has 0 spiro atoms. The summed E-state index contributed by atoms with van der Waals surface area (Å²) >= 11 is 0. The van der Waals surface area contributed by atoms with Crippen molar-refractivity contribution in [3.63, 3.8) is 0 Å². The molecule has 21 heavy (non-hydrogen) atoms. The Labute approximate surface area is 127 Å². The van der Waals surface area contributed by atoms with Crippen LogP contribution in [-0.4, -0.2) is 57.1 Å². The molecule has 8 nitrogen and oxygen atoms in total. The van der Waals surface area contributed by atoms with Gasteiger partial charge in [0, 0.05) is 18.9 Å². The number of H-pyrrole nitrogens is 1.